The summed E-state index contributed by atoms with van der Waals surface area (Å²) in [7, 11) is 1.28. The fourth-order valence-corrected chi connectivity index (χ4v) is 3.84. The van der Waals surface area contributed by atoms with E-state index < -0.39 is 11.9 Å². The number of carbonyl (C=O) groups excluding carboxylic acids is 2. The summed E-state index contributed by atoms with van der Waals surface area (Å²) in [6.07, 6.45) is 3.11. The van der Waals surface area contributed by atoms with Gasteiger partial charge in [-0.25, -0.2) is 4.79 Å². The van der Waals surface area contributed by atoms with E-state index in [1.54, 1.807) is 35.7 Å². The van der Waals surface area contributed by atoms with E-state index in [1.807, 2.05) is 36.4 Å². The number of hydrogen-bond donors (Lipinski definition) is 1. The van der Waals surface area contributed by atoms with Crippen molar-refractivity contribution < 1.29 is 19.1 Å². The highest BCUT2D eigenvalue weighted by Crippen LogP contribution is 2.36. The van der Waals surface area contributed by atoms with Gasteiger partial charge in [0.1, 0.15) is 34.6 Å². The van der Waals surface area contributed by atoms with Gasteiger partial charge in [-0.05, 0) is 29.3 Å². The van der Waals surface area contributed by atoms with Crippen LogP contribution in [0, 0.1) is 11.3 Å². The monoisotopic (exact) mass is 444 g/mol. The van der Waals surface area contributed by atoms with Crippen molar-refractivity contribution in [3.05, 3.63) is 89.3 Å². The second-order valence-corrected chi connectivity index (χ2v) is 7.38. The largest absolute Gasteiger partial charge is 0.490 e. The van der Waals surface area contributed by atoms with Crippen LogP contribution in [0.1, 0.15) is 15.9 Å². The van der Waals surface area contributed by atoms with Crippen molar-refractivity contribution in [3.63, 3.8) is 0 Å². The maximum absolute atomic E-state index is 12.8. The molecule has 6 nitrogen and oxygen atoms in total. The Kier molecular flexibility index (Phi) is 7.57. The first-order chi connectivity index (χ1) is 15.6. The molecule has 0 spiro atoms. The van der Waals surface area contributed by atoms with E-state index in [4.69, 9.17) is 9.47 Å². The van der Waals surface area contributed by atoms with Gasteiger partial charge >= 0.3 is 5.97 Å². The Morgan fingerprint density at radius 2 is 1.88 bits per heavy atom. The molecule has 3 aromatic rings. The molecule has 0 saturated carbocycles. The van der Waals surface area contributed by atoms with Crippen LogP contribution in [0.2, 0.25) is 0 Å². The highest BCUT2D eigenvalue weighted by molar-refractivity contribution is 7.15. The highest BCUT2D eigenvalue weighted by atomic mass is 32.1. The molecule has 1 aromatic heterocycles. The van der Waals surface area contributed by atoms with E-state index in [0.29, 0.717) is 28.5 Å². The zero-order chi connectivity index (χ0) is 22.9. The molecule has 3 rings (SSSR count). The van der Waals surface area contributed by atoms with Crippen LogP contribution in [0.15, 0.2) is 78.2 Å². The molecule has 0 atom stereocenters. The number of esters is 1. The molecular formula is C25H20N2O4S. The lowest BCUT2D eigenvalue weighted by molar-refractivity contribution is -0.112. The number of rotatable bonds is 8. The van der Waals surface area contributed by atoms with Crippen molar-refractivity contribution in [2.75, 3.05) is 19.0 Å². The van der Waals surface area contributed by atoms with Gasteiger partial charge < -0.3 is 14.8 Å². The van der Waals surface area contributed by atoms with E-state index in [1.165, 1.54) is 24.5 Å². The van der Waals surface area contributed by atoms with Crippen LogP contribution >= 0.6 is 11.3 Å². The molecule has 0 unspecified atom stereocenters. The molecule has 32 heavy (non-hydrogen) atoms. The summed E-state index contributed by atoms with van der Waals surface area (Å²) in [5, 5.41) is 14.3. The first-order valence-electron chi connectivity index (χ1n) is 9.59. The molecule has 0 radical (unpaired) electrons. The molecule has 0 aliphatic heterocycles. The SMILES string of the molecule is C=CCOc1ccc(/C=C(\C#N)C(=O)Nc2scc(-c3ccccc3)c2C(=O)OC)cc1. The predicted molar refractivity (Wildman–Crippen MR) is 125 cm³/mol. The number of carbonyl (C=O) groups is 2. The minimum absolute atomic E-state index is 0.102. The topological polar surface area (TPSA) is 88.4 Å². The van der Waals surface area contributed by atoms with Gasteiger partial charge in [-0.1, -0.05) is 55.1 Å². The molecule has 0 aliphatic carbocycles. The van der Waals surface area contributed by atoms with Gasteiger partial charge in [0.2, 0.25) is 0 Å². The number of anilines is 1. The second kappa shape index (κ2) is 10.8. The normalized spacial score (nSPS) is 10.7. The van der Waals surface area contributed by atoms with Gasteiger partial charge in [0.05, 0.1) is 7.11 Å². The fraction of sp³-hybridized carbons (Fsp3) is 0.0800. The van der Waals surface area contributed by atoms with Gasteiger partial charge in [-0.3, -0.25) is 4.79 Å². The Bertz CT molecular complexity index is 1190. The average molecular weight is 445 g/mol. The minimum atomic E-state index is -0.619. The van der Waals surface area contributed by atoms with Gasteiger partial charge in [0.15, 0.2) is 0 Å². The molecule has 0 fully saturated rings. The summed E-state index contributed by atoms with van der Waals surface area (Å²) in [5.41, 5.74) is 2.27. The molecule has 0 aliphatic rings. The third kappa shape index (κ3) is 5.31. The number of hydrogen-bond acceptors (Lipinski definition) is 6. The first kappa shape index (κ1) is 22.5. The maximum atomic E-state index is 12.8. The van der Waals surface area contributed by atoms with Crippen molar-refractivity contribution >= 4 is 34.3 Å². The summed E-state index contributed by atoms with van der Waals surface area (Å²) >= 11 is 1.19. The standard InChI is InChI=1S/C25H20N2O4S/c1-3-13-31-20-11-9-17(10-12-20)14-19(15-26)23(28)27-24-22(25(29)30-2)21(16-32-24)18-7-5-4-6-8-18/h3-12,14,16H,1,13H2,2H3,(H,27,28)/b19-14+. The zero-order valence-corrected chi connectivity index (χ0v) is 18.1. The van der Waals surface area contributed by atoms with E-state index in [0.717, 1.165) is 5.56 Å². The molecule has 7 heteroatoms. The molecule has 0 bridgehead atoms. The van der Waals surface area contributed by atoms with Gasteiger partial charge in [0, 0.05) is 10.9 Å². The molecule has 1 N–H and O–H groups in total. The van der Waals surface area contributed by atoms with Crippen LogP contribution in [0.25, 0.3) is 17.2 Å². The number of methoxy groups -OCH3 is 1. The second-order valence-electron chi connectivity index (χ2n) is 6.50. The Labute approximate surface area is 190 Å². The Morgan fingerprint density at radius 3 is 2.50 bits per heavy atom. The molecule has 160 valence electrons. The lowest BCUT2D eigenvalue weighted by atomic mass is 10.0. The first-order valence-corrected chi connectivity index (χ1v) is 10.5. The number of thiophene rings is 1. The van der Waals surface area contributed by atoms with Crippen LogP contribution in [-0.4, -0.2) is 25.6 Å². The van der Waals surface area contributed by atoms with Crippen LogP contribution in [0.4, 0.5) is 5.00 Å². The van der Waals surface area contributed by atoms with Crippen molar-refractivity contribution in [1.29, 1.82) is 5.26 Å². The number of benzene rings is 2. The van der Waals surface area contributed by atoms with E-state index in [9.17, 15) is 14.9 Å². The van der Waals surface area contributed by atoms with Crippen LogP contribution in [0.5, 0.6) is 5.75 Å². The van der Waals surface area contributed by atoms with Gasteiger partial charge in [0.25, 0.3) is 5.91 Å². The van der Waals surface area contributed by atoms with Crippen LogP contribution in [0.3, 0.4) is 0 Å². The van der Waals surface area contributed by atoms with Crippen LogP contribution in [-0.2, 0) is 9.53 Å². The molecule has 0 saturated heterocycles. The summed E-state index contributed by atoms with van der Waals surface area (Å²) < 4.78 is 10.3. The summed E-state index contributed by atoms with van der Waals surface area (Å²) in [6, 6.07) is 18.2. The molecule has 1 amide bonds. The van der Waals surface area contributed by atoms with Crippen LogP contribution < -0.4 is 10.1 Å². The number of ether oxygens (including phenoxy) is 2. The Morgan fingerprint density at radius 1 is 1.16 bits per heavy atom. The maximum Gasteiger partial charge on any atom is 0.341 e. The summed E-state index contributed by atoms with van der Waals surface area (Å²) in [4.78, 5) is 25.2. The van der Waals surface area contributed by atoms with E-state index >= 15 is 0 Å². The third-order valence-electron chi connectivity index (χ3n) is 4.42. The van der Waals surface area contributed by atoms with Gasteiger partial charge in [-0.15, -0.1) is 11.3 Å². The Hall–Kier alpha value is -4.15. The van der Waals surface area contributed by atoms with Crippen molar-refractivity contribution in [2.24, 2.45) is 0 Å². The van der Waals surface area contributed by atoms with Crippen molar-refractivity contribution in [1.82, 2.24) is 0 Å². The lowest BCUT2D eigenvalue weighted by Crippen LogP contribution is -2.15. The van der Waals surface area contributed by atoms with Gasteiger partial charge in [-0.2, -0.15) is 5.26 Å². The number of nitriles is 1. The summed E-state index contributed by atoms with van der Waals surface area (Å²) in [5.74, 6) is -0.538. The fourth-order valence-electron chi connectivity index (χ4n) is 2.89. The number of amides is 1. The third-order valence-corrected chi connectivity index (χ3v) is 5.31. The zero-order valence-electron chi connectivity index (χ0n) is 17.3. The predicted octanol–water partition coefficient (Wildman–Crippen LogP) is 5.31. The molecular weight excluding hydrogens is 424 g/mol. The smallest absolute Gasteiger partial charge is 0.341 e. The summed E-state index contributed by atoms with van der Waals surface area (Å²) in [6.45, 7) is 3.98. The Balaban J connectivity index is 1.86. The molecule has 1 heterocycles. The average Bonchev–Trinajstić information content (AvgIpc) is 3.25. The minimum Gasteiger partial charge on any atom is -0.490 e. The van der Waals surface area contributed by atoms with E-state index in [2.05, 4.69) is 11.9 Å². The highest BCUT2D eigenvalue weighted by Gasteiger charge is 2.23. The van der Waals surface area contributed by atoms with Crippen molar-refractivity contribution in [2.45, 2.75) is 0 Å². The number of nitrogens with one attached hydrogen (secondary N) is 1. The quantitative estimate of drug-likeness (QED) is 0.220. The lowest BCUT2D eigenvalue weighted by Gasteiger charge is -2.08. The van der Waals surface area contributed by atoms with E-state index in [-0.39, 0.29) is 11.1 Å². The van der Waals surface area contributed by atoms with Crippen molar-refractivity contribution in [3.8, 4) is 22.9 Å². The molecule has 2 aromatic carbocycles. The number of nitrogens with zero attached hydrogens (tertiary/aromatic N) is 1.